The number of carbonyl (C=O) groups excluding carboxylic acids is 1. The van der Waals surface area contributed by atoms with Gasteiger partial charge in [0.1, 0.15) is 0 Å². The van der Waals surface area contributed by atoms with Gasteiger partial charge in [0.05, 0.1) is 10.2 Å². The van der Waals surface area contributed by atoms with E-state index in [2.05, 4.69) is 48.2 Å². The zero-order valence-electron chi connectivity index (χ0n) is 14.0. The summed E-state index contributed by atoms with van der Waals surface area (Å²) in [5, 5.41) is 0. The molecule has 1 heterocycles. The predicted octanol–water partition coefficient (Wildman–Crippen LogP) is 4.49. The Morgan fingerprint density at radius 1 is 1.41 bits per heavy atom. The highest BCUT2D eigenvalue weighted by Gasteiger charge is 2.21. The van der Waals surface area contributed by atoms with E-state index in [0.717, 1.165) is 15.0 Å². The van der Waals surface area contributed by atoms with Crippen LogP contribution in [0.2, 0.25) is 0 Å². The SMILES string of the molecule is C=CCn1c(=NC(=O)C(C)(C)C)sc2cc(C(C)C)ccc21. The predicted molar refractivity (Wildman–Crippen MR) is 94.1 cm³/mol. The molecule has 0 aliphatic heterocycles. The quantitative estimate of drug-likeness (QED) is 0.768. The first-order valence-electron chi connectivity index (χ1n) is 7.57. The van der Waals surface area contributed by atoms with Gasteiger partial charge in [0.25, 0.3) is 5.91 Å². The first-order valence-corrected chi connectivity index (χ1v) is 8.39. The summed E-state index contributed by atoms with van der Waals surface area (Å²) in [4.78, 5) is 17.3. The van der Waals surface area contributed by atoms with E-state index in [0.29, 0.717) is 12.5 Å². The molecule has 0 fully saturated rings. The normalized spacial score (nSPS) is 13.1. The average molecular weight is 316 g/mol. The van der Waals surface area contributed by atoms with Crippen molar-refractivity contribution in [2.24, 2.45) is 10.4 Å². The Kier molecular flexibility index (Phi) is 4.71. The highest BCUT2D eigenvalue weighted by Crippen LogP contribution is 2.24. The number of nitrogens with zero attached hydrogens (tertiary/aromatic N) is 2. The fourth-order valence-electron chi connectivity index (χ4n) is 2.09. The molecule has 0 radical (unpaired) electrons. The maximum absolute atomic E-state index is 12.2. The molecule has 0 N–H and O–H groups in total. The Bertz CT molecular complexity index is 772. The number of fused-ring (bicyclic) bond motifs is 1. The average Bonchev–Trinajstić information content (AvgIpc) is 2.75. The largest absolute Gasteiger partial charge is 0.313 e. The van der Waals surface area contributed by atoms with E-state index >= 15 is 0 Å². The van der Waals surface area contributed by atoms with Crippen LogP contribution in [0.4, 0.5) is 0 Å². The third-order valence-corrected chi connectivity index (χ3v) is 4.57. The summed E-state index contributed by atoms with van der Waals surface area (Å²) < 4.78 is 3.22. The molecule has 0 saturated carbocycles. The van der Waals surface area contributed by atoms with Gasteiger partial charge in [0.15, 0.2) is 4.80 Å². The number of benzene rings is 1. The van der Waals surface area contributed by atoms with Crippen molar-refractivity contribution in [3.63, 3.8) is 0 Å². The maximum atomic E-state index is 12.2. The van der Waals surface area contributed by atoms with Gasteiger partial charge in [-0.2, -0.15) is 4.99 Å². The minimum atomic E-state index is -0.467. The number of allylic oxidation sites excluding steroid dienone is 1. The van der Waals surface area contributed by atoms with Crippen molar-refractivity contribution in [1.29, 1.82) is 0 Å². The van der Waals surface area contributed by atoms with E-state index in [1.165, 1.54) is 5.56 Å². The first kappa shape index (κ1) is 16.7. The lowest BCUT2D eigenvalue weighted by atomic mass is 9.96. The summed E-state index contributed by atoms with van der Waals surface area (Å²) in [6.45, 7) is 14.5. The summed E-state index contributed by atoms with van der Waals surface area (Å²) in [6.07, 6.45) is 1.84. The molecular weight excluding hydrogens is 292 g/mol. The second-order valence-electron chi connectivity index (χ2n) is 6.83. The van der Waals surface area contributed by atoms with E-state index in [1.54, 1.807) is 11.3 Å². The second kappa shape index (κ2) is 6.21. The molecule has 22 heavy (non-hydrogen) atoms. The van der Waals surface area contributed by atoms with Gasteiger partial charge < -0.3 is 4.57 Å². The topological polar surface area (TPSA) is 34.4 Å². The number of hydrogen-bond donors (Lipinski definition) is 0. The van der Waals surface area contributed by atoms with Crippen molar-refractivity contribution in [3.05, 3.63) is 41.2 Å². The lowest BCUT2D eigenvalue weighted by molar-refractivity contribution is -0.125. The van der Waals surface area contributed by atoms with E-state index in [-0.39, 0.29) is 5.91 Å². The highest BCUT2D eigenvalue weighted by molar-refractivity contribution is 7.16. The molecule has 0 saturated heterocycles. The zero-order chi connectivity index (χ0) is 16.5. The summed E-state index contributed by atoms with van der Waals surface area (Å²) in [7, 11) is 0. The van der Waals surface area contributed by atoms with Crippen molar-refractivity contribution in [3.8, 4) is 0 Å². The minimum Gasteiger partial charge on any atom is -0.313 e. The maximum Gasteiger partial charge on any atom is 0.253 e. The Morgan fingerprint density at radius 2 is 2.09 bits per heavy atom. The van der Waals surface area contributed by atoms with Crippen LogP contribution in [0, 0.1) is 5.41 Å². The van der Waals surface area contributed by atoms with Gasteiger partial charge in [-0.3, -0.25) is 4.79 Å². The van der Waals surface area contributed by atoms with Gasteiger partial charge in [-0.05, 0) is 23.6 Å². The van der Waals surface area contributed by atoms with E-state index in [4.69, 9.17) is 0 Å². The second-order valence-corrected chi connectivity index (χ2v) is 7.84. The number of thiazole rings is 1. The van der Waals surface area contributed by atoms with Gasteiger partial charge in [-0.1, -0.05) is 58.1 Å². The Hall–Kier alpha value is -1.68. The lowest BCUT2D eigenvalue weighted by Crippen LogP contribution is -2.23. The standard InChI is InChI=1S/C18H24N2OS/c1-7-10-20-14-9-8-13(12(2)3)11-15(14)22-17(20)19-16(21)18(4,5)6/h7-9,11-12H,1,10H2,2-6H3. The van der Waals surface area contributed by atoms with Gasteiger partial charge >= 0.3 is 0 Å². The third-order valence-electron chi connectivity index (χ3n) is 3.52. The Balaban J connectivity index is 2.67. The van der Waals surface area contributed by atoms with E-state index in [1.807, 2.05) is 26.8 Å². The molecule has 1 aromatic carbocycles. The van der Waals surface area contributed by atoms with Crippen molar-refractivity contribution in [1.82, 2.24) is 4.57 Å². The van der Waals surface area contributed by atoms with Gasteiger partial charge in [-0.25, -0.2) is 0 Å². The molecule has 0 bridgehead atoms. The number of amides is 1. The molecule has 0 unspecified atom stereocenters. The number of hydrogen-bond acceptors (Lipinski definition) is 2. The molecule has 4 heteroatoms. The number of aromatic nitrogens is 1. The van der Waals surface area contributed by atoms with Crippen molar-refractivity contribution < 1.29 is 4.79 Å². The molecule has 3 nitrogen and oxygen atoms in total. The van der Waals surface area contributed by atoms with E-state index in [9.17, 15) is 4.79 Å². The van der Waals surface area contributed by atoms with Gasteiger partial charge in [-0.15, -0.1) is 6.58 Å². The summed E-state index contributed by atoms with van der Waals surface area (Å²) >= 11 is 1.57. The van der Waals surface area contributed by atoms with Crippen LogP contribution in [0.15, 0.2) is 35.8 Å². The van der Waals surface area contributed by atoms with Crippen LogP contribution in [-0.2, 0) is 11.3 Å². The van der Waals surface area contributed by atoms with Crippen molar-refractivity contribution >= 4 is 27.5 Å². The summed E-state index contributed by atoms with van der Waals surface area (Å²) in [5.74, 6) is 0.386. The van der Waals surface area contributed by atoms with E-state index < -0.39 is 5.41 Å². The lowest BCUT2D eigenvalue weighted by Gasteiger charge is -2.11. The van der Waals surface area contributed by atoms with Crippen molar-refractivity contribution in [2.45, 2.75) is 47.1 Å². The Labute approximate surface area is 136 Å². The Morgan fingerprint density at radius 3 is 2.64 bits per heavy atom. The number of rotatable bonds is 3. The monoisotopic (exact) mass is 316 g/mol. The molecule has 0 spiro atoms. The zero-order valence-corrected chi connectivity index (χ0v) is 14.8. The fourth-order valence-corrected chi connectivity index (χ4v) is 3.18. The van der Waals surface area contributed by atoms with Crippen LogP contribution >= 0.6 is 11.3 Å². The molecule has 1 aromatic heterocycles. The van der Waals surface area contributed by atoms with Gasteiger partial charge in [0, 0.05) is 12.0 Å². The van der Waals surface area contributed by atoms with Crippen LogP contribution in [0.3, 0.4) is 0 Å². The van der Waals surface area contributed by atoms with Crippen LogP contribution in [-0.4, -0.2) is 10.5 Å². The van der Waals surface area contributed by atoms with Gasteiger partial charge in [0.2, 0.25) is 0 Å². The number of carbonyl (C=O) groups is 1. The summed E-state index contributed by atoms with van der Waals surface area (Å²) in [6, 6.07) is 6.46. The first-order chi connectivity index (χ1) is 10.2. The highest BCUT2D eigenvalue weighted by atomic mass is 32.1. The molecule has 0 aliphatic carbocycles. The molecule has 118 valence electrons. The molecule has 2 aromatic rings. The van der Waals surface area contributed by atoms with Crippen LogP contribution in [0.5, 0.6) is 0 Å². The fraction of sp³-hybridized carbons (Fsp3) is 0.444. The molecular formula is C18H24N2OS. The molecule has 0 atom stereocenters. The van der Waals surface area contributed by atoms with Crippen molar-refractivity contribution in [2.75, 3.05) is 0 Å². The molecule has 1 amide bonds. The van der Waals surface area contributed by atoms with Crippen LogP contribution < -0.4 is 4.80 Å². The minimum absolute atomic E-state index is 0.0963. The van der Waals surface area contributed by atoms with Crippen LogP contribution in [0.25, 0.3) is 10.2 Å². The smallest absolute Gasteiger partial charge is 0.253 e. The third kappa shape index (κ3) is 3.38. The summed E-state index contributed by atoms with van der Waals surface area (Å²) in [5.41, 5.74) is 1.94. The molecule has 0 aliphatic rings. The van der Waals surface area contributed by atoms with Crippen LogP contribution in [0.1, 0.15) is 46.1 Å². The molecule has 2 rings (SSSR count).